The van der Waals surface area contributed by atoms with Crippen molar-refractivity contribution in [3.63, 3.8) is 0 Å². The Kier molecular flexibility index (Phi) is 6.22. The number of anilines is 2. The van der Waals surface area contributed by atoms with Crippen LogP contribution in [-0.2, 0) is 14.8 Å². The van der Waals surface area contributed by atoms with Gasteiger partial charge in [-0.15, -0.1) is 5.06 Å². The minimum Gasteiger partial charge on any atom is -0.497 e. The van der Waals surface area contributed by atoms with Gasteiger partial charge in [0.25, 0.3) is 15.9 Å². The molecule has 3 aromatic rings. The molecule has 3 rings (SSSR count). The monoisotopic (exact) mass is 427 g/mol. The smallest absolute Gasteiger partial charge is 0.264 e. The van der Waals surface area contributed by atoms with Crippen LogP contribution in [0.25, 0.3) is 0 Å². The number of rotatable bonds is 7. The minimum absolute atomic E-state index is 0.0403. The second kappa shape index (κ2) is 8.83. The summed E-state index contributed by atoms with van der Waals surface area (Å²) >= 11 is 0. The molecular weight excluding hydrogens is 406 g/mol. The lowest BCUT2D eigenvalue weighted by atomic mass is 10.3. The molecule has 0 saturated heterocycles. The Morgan fingerprint density at radius 1 is 0.933 bits per heavy atom. The number of amides is 1. The lowest BCUT2D eigenvalue weighted by Crippen LogP contribution is -2.32. The number of methoxy groups -OCH3 is 1. The molecule has 0 aliphatic rings. The number of ether oxygens (including phenoxy) is 1. The third-order valence-electron chi connectivity index (χ3n) is 4.25. The van der Waals surface area contributed by atoms with E-state index in [2.05, 4.69) is 4.98 Å². The largest absolute Gasteiger partial charge is 0.497 e. The van der Waals surface area contributed by atoms with Crippen LogP contribution >= 0.6 is 0 Å². The topological polar surface area (TPSA) is 89.0 Å². The Morgan fingerprint density at radius 2 is 1.57 bits per heavy atom. The van der Waals surface area contributed by atoms with Gasteiger partial charge in [0, 0.05) is 44.6 Å². The molecule has 0 bridgehead atoms. The van der Waals surface area contributed by atoms with E-state index in [1.165, 1.54) is 51.7 Å². The molecule has 0 N–H and O–H groups in total. The van der Waals surface area contributed by atoms with Crippen LogP contribution in [0.5, 0.6) is 11.5 Å². The molecule has 156 valence electrons. The van der Waals surface area contributed by atoms with Gasteiger partial charge in [0.1, 0.15) is 5.75 Å². The zero-order chi connectivity index (χ0) is 21.7. The number of hydrogen-bond acceptors (Lipinski definition) is 6. The molecule has 0 atom stereocenters. The van der Waals surface area contributed by atoms with Gasteiger partial charge in [-0.25, -0.2) is 8.42 Å². The maximum atomic E-state index is 13.2. The summed E-state index contributed by atoms with van der Waals surface area (Å²) in [5.74, 6) is 0.00185. The average Bonchev–Trinajstić information content (AvgIpc) is 2.77. The fourth-order valence-electron chi connectivity index (χ4n) is 2.68. The highest BCUT2D eigenvalue weighted by Crippen LogP contribution is 2.30. The molecule has 0 aliphatic heterocycles. The number of hydrogen-bond donors (Lipinski definition) is 0. The number of benzene rings is 2. The highest BCUT2D eigenvalue weighted by atomic mass is 32.2. The van der Waals surface area contributed by atoms with Gasteiger partial charge in [0.05, 0.1) is 23.4 Å². The van der Waals surface area contributed by atoms with Crippen LogP contribution < -0.4 is 18.9 Å². The van der Waals surface area contributed by atoms with Crippen molar-refractivity contribution in [3.8, 4) is 11.5 Å². The van der Waals surface area contributed by atoms with Crippen molar-refractivity contribution >= 4 is 27.3 Å². The Balaban J connectivity index is 2.00. The molecule has 0 saturated carbocycles. The van der Waals surface area contributed by atoms with Crippen molar-refractivity contribution in [2.24, 2.45) is 0 Å². The molecule has 0 fully saturated rings. The number of carbonyl (C=O) groups is 1. The van der Waals surface area contributed by atoms with Gasteiger partial charge in [-0.2, -0.15) is 0 Å². The van der Waals surface area contributed by atoms with E-state index in [4.69, 9.17) is 9.57 Å². The number of aromatic nitrogens is 1. The Morgan fingerprint density at radius 3 is 2.17 bits per heavy atom. The summed E-state index contributed by atoms with van der Waals surface area (Å²) in [6.45, 7) is 1.33. The molecular formula is C21H21N3O5S. The molecule has 9 heteroatoms. The van der Waals surface area contributed by atoms with Gasteiger partial charge in [-0.1, -0.05) is 18.2 Å². The summed E-state index contributed by atoms with van der Waals surface area (Å²) in [6.07, 6.45) is 3.04. The van der Waals surface area contributed by atoms with E-state index < -0.39 is 15.9 Å². The lowest BCUT2D eigenvalue weighted by molar-refractivity contribution is -0.120. The van der Waals surface area contributed by atoms with Gasteiger partial charge < -0.3 is 9.57 Å². The van der Waals surface area contributed by atoms with Crippen molar-refractivity contribution in [1.82, 2.24) is 4.98 Å². The van der Waals surface area contributed by atoms with Crippen LogP contribution in [0.2, 0.25) is 0 Å². The molecule has 30 heavy (non-hydrogen) atoms. The first kappa shape index (κ1) is 21.1. The molecule has 0 spiro atoms. The molecule has 1 heterocycles. The number of carbonyl (C=O) groups excluding carboxylic acids is 1. The van der Waals surface area contributed by atoms with E-state index in [1.54, 1.807) is 42.5 Å². The summed E-state index contributed by atoms with van der Waals surface area (Å²) in [6, 6.07) is 16.1. The Hall–Kier alpha value is -3.59. The van der Waals surface area contributed by atoms with Crippen molar-refractivity contribution in [1.29, 1.82) is 0 Å². The molecule has 8 nitrogen and oxygen atoms in total. The second-order valence-corrected chi connectivity index (χ2v) is 8.23. The van der Waals surface area contributed by atoms with Crippen molar-refractivity contribution < 1.29 is 22.8 Å². The number of para-hydroxylation sites is 1. The first-order chi connectivity index (χ1) is 14.3. The van der Waals surface area contributed by atoms with E-state index in [-0.39, 0.29) is 16.4 Å². The number of hydroxylamine groups is 1. The van der Waals surface area contributed by atoms with Gasteiger partial charge in [-0.05, 0) is 24.3 Å². The van der Waals surface area contributed by atoms with Crippen LogP contribution in [0, 0.1) is 0 Å². The first-order valence-corrected chi connectivity index (χ1v) is 10.4. The van der Waals surface area contributed by atoms with Crippen molar-refractivity contribution in [2.45, 2.75) is 11.8 Å². The van der Waals surface area contributed by atoms with Crippen LogP contribution in [0.15, 0.2) is 78.0 Å². The number of sulfonamides is 1. The molecule has 1 aromatic heterocycles. The quantitative estimate of drug-likeness (QED) is 0.538. The molecule has 0 unspecified atom stereocenters. The first-order valence-electron chi connectivity index (χ1n) is 8.94. The second-order valence-electron chi connectivity index (χ2n) is 6.26. The summed E-state index contributed by atoms with van der Waals surface area (Å²) < 4.78 is 32.7. The third-order valence-corrected chi connectivity index (χ3v) is 6.01. The van der Waals surface area contributed by atoms with Crippen molar-refractivity contribution in [2.75, 3.05) is 23.5 Å². The summed E-state index contributed by atoms with van der Waals surface area (Å²) in [5, 5.41) is 1.05. The fourth-order valence-corrected chi connectivity index (χ4v) is 3.93. The van der Waals surface area contributed by atoms with Crippen LogP contribution in [-0.4, -0.2) is 33.5 Å². The highest BCUT2D eigenvalue weighted by molar-refractivity contribution is 7.92. The maximum Gasteiger partial charge on any atom is 0.264 e. The van der Waals surface area contributed by atoms with E-state index in [0.29, 0.717) is 11.4 Å². The van der Waals surface area contributed by atoms with Gasteiger partial charge >= 0.3 is 0 Å². The number of pyridine rings is 1. The molecule has 0 radical (unpaired) electrons. The molecule has 0 aliphatic carbocycles. The van der Waals surface area contributed by atoms with E-state index in [9.17, 15) is 13.2 Å². The zero-order valence-corrected chi connectivity index (χ0v) is 17.5. The normalized spacial score (nSPS) is 10.9. The standard InChI is InChI=1S/C21H21N3O5S/c1-16(25)24(18-9-11-22-12-10-18)29-20-13-19(28-3)14-21(15-20)30(26,27)23(2)17-7-5-4-6-8-17/h4-15H,1-3H3. The van der Waals surface area contributed by atoms with Crippen LogP contribution in [0.3, 0.4) is 0 Å². The highest BCUT2D eigenvalue weighted by Gasteiger charge is 2.24. The predicted molar refractivity (Wildman–Crippen MR) is 113 cm³/mol. The summed E-state index contributed by atoms with van der Waals surface area (Å²) in [5.41, 5.74) is 0.955. The predicted octanol–water partition coefficient (Wildman–Crippen LogP) is 3.26. The van der Waals surface area contributed by atoms with Crippen molar-refractivity contribution in [3.05, 3.63) is 73.1 Å². The van der Waals surface area contributed by atoms with Gasteiger partial charge in [-0.3, -0.25) is 14.1 Å². The molecule has 2 aromatic carbocycles. The minimum atomic E-state index is -3.91. The SMILES string of the molecule is COc1cc(ON(C(C)=O)c2ccncc2)cc(S(=O)(=O)N(C)c2ccccc2)c1. The summed E-state index contributed by atoms with van der Waals surface area (Å²) in [4.78, 5) is 21.7. The van der Waals surface area contributed by atoms with Gasteiger partial charge in [0.15, 0.2) is 5.75 Å². The Labute approximate surface area is 175 Å². The van der Waals surface area contributed by atoms with Crippen LogP contribution in [0.1, 0.15) is 6.92 Å². The van der Waals surface area contributed by atoms with E-state index in [0.717, 1.165) is 9.37 Å². The lowest BCUT2D eigenvalue weighted by Gasteiger charge is -2.23. The van der Waals surface area contributed by atoms with Gasteiger partial charge in [0.2, 0.25) is 0 Å². The summed E-state index contributed by atoms with van der Waals surface area (Å²) in [7, 11) is -1.03. The average molecular weight is 427 g/mol. The van der Waals surface area contributed by atoms with E-state index >= 15 is 0 Å². The Bertz CT molecular complexity index is 1120. The third kappa shape index (κ3) is 4.52. The zero-order valence-electron chi connectivity index (χ0n) is 16.7. The van der Waals surface area contributed by atoms with E-state index in [1.807, 2.05) is 0 Å². The van der Waals surface area contributed by atoms with Crippen LogP contribution in [0.4, 0.5) is 11.4 Å². The molecule has 1 amide bonds. The number of nitrogens with zero attached hydrogens (tertiary/aromatic N) is 3. The maximum absolute atomic E-state index is 13.2. The fraction of sp³-hybridized carbons (Fsp3) is 0.143.